The molecule has 0 saturated carbocycles. The lowest BCUT2D eigenvalue weighted by atomic mass is 9.99. The van der Waals surface area contributed by atoms with Gasteiger partial charge in [0, 0.05) is 13.1 Å². The largest absolute Gasteiger partial charge is 0.508 e. The maximum atomic E-state index is 13.2. The van der Waals surface area contributed by atoms with Crippen LogP contribution in [0.1, 0.15) is 17.8 Å². The Labute approximate surface area is 192 Å². The van der Waals surface area contributed by atoms with Crippen LogP contribution in [-0.2, 0) is 17.9 Å². The van der Waals surface area contributed by atoms with Gasteiger partial charge in [0.2, 0.25) is 5.91 Å². The number of ether oxygens (including phenoxy) is 1. The number of para-hydroxylation sites is 3. The van der Waals surface area contributed by atoms with Crippen molar-refractivity contribution in [2.45, 2.75) is 19.6 Å². The van der Waals surface area contributed by atoms with E-state index in [9.17, 15) is 9.90 Å². The minimum absolute atomic E-state index is 0.0557. The van der Waals surface area contributed by atoms with Crippen molar-refractivity contribution >= 4 is 22.5 Å². The van der Waals surface area contributed by atoms with Crippen LogP contribution < -0.4 is 4.74 Å². The van der Waals surface area contributed by atoms with Crippen molar-refractivity contribution in [1.29, 1.82) is 0 Å². The summed E-state index contributed by atoms with van der Waals surface area (Å²) in [7, 11) is 0. The number of aromatic hydroxyl groups is 1. The van der Waals surface area contributed by atoms with Crippen LogP contribution in [-0.4, -0.2) is 38.6 Å². The number of rotatable bonds is 6. The molecule has 0 spiro atoms. The third kappa shape index (κ3) is 4.60. The van der Waals surface area contributed by atoms with E-state index in [1.54, 1.807) is 12.1 Å². The van der Waals surface area contributed by atoms with Gasteiger partial charge < -0.3 is 19.3 Å². The third-order valence-corrected chi connectivity index (χ3v) is 5.94. The van der Waals surface area contributed by atoms with E-state index in [0.717, 1.165) is 34.6 Å². The zero-order chi connectivity index (χ0) is 22.6. The first kappa shape index (κ1) is 20.8. The van der Waals surface area contributed by atoms with Gasteiger partial charge in [-0.25, -0.2) is 4.98 Å². The number of carbonyl (C=O) groups is 1. The molecule has 2 heterocycles. The van der Waals surface area contributed by atoms with E-state index in [-0.39, 0.29) is 24.8 Å². The first-order valence-corrected chi connectivity index (χ1v) is 11.1. The Kier molecular flexibility index (Phi) is 5.81. The maximum Gasteiger partial charge on any atom is 0.242 e. The second kappa shape index (κ2) is 9.20. The first-order valence-electron chi connectivity index (χ1n) is 11.1. The summed E-state index contributed by atoms with van der Waals surface area (Å²) < 4.78 is 7.88. The average molecular weight is 440 g/mol. The quantitative estimate of drug-likeness (QED) is 0.475. The highest BCUT2D eigenvalue weighted by molar-refractivity contribution is 5.82. The van der Waals surface area contributed by atoms with Crippen LogP contribution in [0.15, 0.2) is 84.9 Å². The van der Waals surface area contributed by atoms with E-state index in [2.05, 4.69) is 6.08 Å². The number of fused-ring (bicyclic) bond motifs is 1. The van der Waals surface area contributed by atoms with Gasteiger partial charge in [-0.3, -0.25) is 4.79 Å². The van der Waals surface area contributed by atoms with Crippen LogP contribution in [0.25, 0.3) is 16.6 Å². The van der Waals surface area contributed by atoms with E-state index in [4.69, 9.17) is 9.72 Å². The SMILES string of the molecule is O=C(Cn1c(COc2ccccc2)nc2ccccc21)N1CC=C(c2ccc(O)cc2)CC1. The summed E-state index contributed by atoms with van der Waals surface area (Å²) in [6, 6.07) is 24.7. The van der Waals surface area contributed by atoms with Crippen molar-refractivity contribution in [2.75, 3.05) is 13.1 Å². The van der Waals surface area contributed by atoms with E-state index in [1.807, 2.05) is 76.2 Å². The van der Waals surface area contributed by atoms with E-state index < -0.39 is 0 Å². The smallest absolute Gasteiger partial charge is 0.242 e. The lowest BCUT2D eigenvalue weighted by molar-refractivity contribution is -0.131. The van der Waals surface area contributed by atoms with Crippen molar-refractivity contribution in [3.8, 4) is 11.5 Å². The highest BCUT2D eigenvalue weighted by atomic mass is 16.5. The van der Waals surface area contributed by atoms with Crippen LogP contribution >= 0.6 is 0 Å². The van der Waals surface area contributed by atoms with Crippen LogP contribution in [0.2, 0.25) is 0 Å². The van der Waals surface area contributed by atoms with Gasteiger partial charge in [-0.15, -0.1) is 0 Å². The molecule has 0 unspecified atom stereocenters. The fourth-order valence-corrected chi connectivity index (χ4v) is 4.15. The molecule has 6 heteroatoms. The number of aromatic nitrogens is 2. The standard InChI is InChI=1S/C27H25N3O3/c31-22-12-10-20(11-13-22)21-14-16-29(17-15-21)27(32)18-30-25-9-5-4-8-24(25)28-26(30)19-33-23-6-2-1-3-7-23/h1-14,31H,15-19H2. The van der Waals surface area contributed by atoms with Crippen molar-refractivity contribution in [3.05, 3.63) is 96.3 Å². The molecule has 0 saturated heterocycles. The highest BCUT2D eigenvalue weighted by Gasteiger charge is 2.21. The highest BCUT2D eigenvalue weighted by Crippen LogP contribution is 2.25. The van der Waals surface area contributed by atoms with Crippen molar-refractivity contribution in [3.63, 3.8) is 0 Å². The molecule has 1 amide bonds. The van der Waals surface area contributed by atoms with E-state index in [1.165, 1.54) is 5.57 Å². The molecular formula is C27H25N3O3. The Morgan fingerprint density at radius 2 is 1.73 bits per heavy atom. The zero-order valence-corrected chi connectivity index (χ0v) is 18.2. The van der Waals surface area contributed by atoms with Gasteiger partial charge in [-0.2, -0.15) is 0 Å². The molecule has 0 atom stereocenters. The molecule has 1 aromatic heterocycles. The summed E-state index contributed by atoms with van der Waals surface area (Å²) in [5.41, 5.74) is 4.06. The minimum Gasteiger partial charge on any atom is -0.508 e. The van der Waals surface area contributed by atoms with Crippen LogP contribution in [0, 0.1) is 0 Å². The Morgan fingerprint density at radius 1 is 0.970 bits per heavy atom. The number of nitrogens with zero attached hydrogens (tertiary/aromatic N) is 3. The molecule has 0 bridgehead atoms. The summed E-state index contributed by atoms with van der Waals surface area (Å²) in [6.45, 7) is 1.73. The molecule has 166 valence electrons. The summed E-state index contributed by atoms with van der Waals surface area (Å²) in [5, 5.41) is 9.50. The molecule has 33 heavy (non-hydrogen) atoms. The number of carbonyl (C=O) groups excluding carboxylic acids is 1. The van der Waals surface area contributed by atoms with Crippen LogP contribution in [0.4, 0.5) is 0 Å². The van der Waals surface area contributed by atoms with Crippen molar-refractivity contribution in [2.24, 2.45) is 0 Å². The lowest BCUT2D eigenvalue weighted by Gasteiger charge is -2.27. The maximum absolute atomic E-state index is 13.2. The molecule has 3 aromatic carbocycles. The van der Waals surface area contributed by atoms with Crippen LogP contribution in [0.3, 0.4) is 0 Å². The Bertz CT molecular complexity index is 1290. The molecule has 6 nitrogen and oxygen atoms in total. The minimum atomic E-state index is 0.0557. The first-order chi connectivity index (χ1) is 16.2. The predicted molar refractivity (Wildman–Crippen MR) is 128 cm³/mol. The molecule has 5 rings (SSSR count). The van der Waals surface area contributed by atoms with Gasteiger partial charge >= 0.3 is 0 Å². The molecule has 1 aliphatic heterocycles. The number of phenolic OH excluding ortho intramolecular Hbond substituents is 1. The van der Waals surface area contributed by atoms with E-state index in [0.29, 0.717) is 13.1 Å². The molecular weight excluding hydrogens is 414 g/mol. The molecule has 0 fully saturated rings. The molecule has 0 aliphatic carbocycles. The number of amides is 1. The van der Waals surface area contributed by atoms with Crippen molar-refractivity contribution in [1.82, 2.24) is 14.5 Å². The third-order valence-electron chi connectivity index (χ3n) is 5.94. The molecule has 0 radical (unpaired) electrons. The Balaban J connectivity index is 1.32. The normalized spacial score (nSPS) is 13.7. The monoisotopic (exact) mass is 439 g/mol. The summed E-state index contributed by atoms with van der Waals surface area (Å²) in [6.07, 6.45) is 2.88. The molecule has 1 N–H and O–H groups in total. The van der Waals surface area contributed by atoms with Gasteiger partial charge in [0.05, 0.1) is 11.0 Å². The molecule has 4 aromatic rings. The number of phenols is 1. The van der Waals surface area contributed by atoms with Gasteiger partial charge in [0.15, 0.2) is 0 Å². The second-order valence-electron chi connectivity index (χ2n) is 8.07. The predicted octanol–water partition coefficient (Wildman–Crippen LogP) is 4.64. The number of hydrogen-bond acceptors (Lipinski definition) is 4. The fourth-order valence-electron chi connectivity index (χ4n) is 4.15. The van der Waals surface area contributed by atoms with Gasteiger partial charge in [0.1, 0.15) is 30.5 Å². The van der Waals surface area contributed by atoms with E-state index >= 15 is 0 Å². The van der Waals surface area contributed by atoms with Gasteiger partial charge in [-0.05, 0) is 54.0 Å². The summed E-state index contributed by atoms with van der Waals surface area (Å²) in [5.74, 6) is 1.81. The lowest BCUT2D eigenvalue weighted by Crippen LogP contribution is -2.37. The fraction of sp³-hybridized carbons (Fsp3) is 0.185. The van der Waals surface area contributed by atoms with Gasteiger partial charge in [0.25, 0.3) is 0 Å². The number of benzene rings is 3. The Hall–Kier alpha value is -4.06. The number of hydrogen-bond donors (Lipinski definition) is 1. The van der Waals surface area contributed by atoms with Crippen LogP contribution in [0.5, 0.6) is 11.5 Å². The summed E-state index contributed by atoms with van der Waals surface area (Å²) >= 11 is 0. The Morgan fingerprint density at radius 3 is 2.48 bits per heavy atom. The topological polar surface area (TPSA) is 67.6 Å². The number of imidazole rings is 1. The average Bonchev–Trinajstić information content (AvgIpc) is 3.21. The second-order valence-corrected chi connectivity index (χ2v) is 8.07. The van der Waals surface area contributed by atoms with Gasteiger partial charge in [-0.1, -0.05) is 48.5 Å². The zero-order valence-electron chi connectivity index (χ0n) is 18.2. The van der Waals surface area contributed by atoms with Crippen molar-refractivity contribution < 1.29 is 14.6 Å². The summed E-state index contributed by atoms with van der Waals surface area (Å²) in [4.78, 5) is 19.8. The molecule has 1 aliphatic rings.